The highest BCUT2D eigenvalue weighted by molar-refractivity contribution is 9.11. The van der Waals surface area contributed by atoms with E-state index in [1.54, 1.807) is 7.11 Å². The van der Waals surface area contributed by atoms with Crippen LogP contribution in [0.4, 0.5) is 0 Å². The number of hydrogen-bond acceptors (Lipinski definition) is 6. The van der Waals surface area contributed by atoms with Crippen LogP contribution in [0.15, 0.2) is 14.1 Å². The SMILES string of the molecule is COc1c(Br)c(C2ON=C(CO)C2C)c(Br)c2c1OCO2. The van der Waals surface area contributed by atoms with E-state index in [4.69, 9.17) is 19.0 Å². The van der Waals surface area contributed by atoms with Gasteiger partial charge in [-0.15, -0.1) is 0 Å². The number of aliphatic hydroxyl groups is 1. The highest BCUT2D eigenvalue weighted by atomic mass is 79.9. The van der Waals surface area contributed by atoms with Crippen molar-refractivity contribution in [2.45, 2.75) is 13.0 Å². The molecule has 0 saturated carbocycles. The zero-order valence-corrected chi connectivity index (χ0v) is 14.5. The number of rotatable bonds is 3. The number of fused-ring (bicyclic) bond motifs is 1. The molecule has 0 saturated heterocycles. The summed E-state index contributed by atoms with van der Waals surface area (Å²) in [4.78, 5) is 5.49. The summed E-state index contributed by atoms with van der Waals surface area (Å²) in [7, 11) is 1.56. The fourth-order valence-corrected chi connectivity index (χ4v) is 4.18. The normalized spacial score (nSPS) is 23.0. The van der Waals surface area contributed by atoms with Crippen LogP contribution in [0.25, 0.3) is 0 Å². The number of ether oxygens (including phenoxy) is 3. The van der Waals surface area contributed by atoms with Crippen molar-refractivity contribution in [2.24, 2.45) is 11.1 Å². The molecule has 0 aliphatic carbocycles. The summed E-state index contributed by atoms with van der Waals surface area (Å²) in [5.74, 6) is 1.62. The molecule has 2 aliphatic rings. The first kappa shape index (κ1) is 14.9. The van der Waals surface area contributed by atoms with Crippen molar-refractivity contribution in [1.29, 1.82) is 0 Å². The Morgan fingerprint density at radius 3 is 2.62 bits per heavy atom. The molecule has 0 bridgehead atoms. The van der Waals surface area contributed by atoms with Gasteiger partial charge in [0.2, 0.25) is 12.5 Å². The van der Waals surface area contributed by atoms with Crippen LogP contribution in [-0.2, 0) is 4.84 Å². The van der Waals surface area contributed by atoms with Crippen molar-refractivity contribution in [1.82, 2.24) is 0 Å². The maximum Gasteiger partial charge on any atom is 0.231 e. The molecule has 8 heteroatoms. The first-order chi connectivity index (χ1) is 10.1. The van der Waals surface area contributed by atoms with E-state index in [0.29, 0.717) is 27.4 Å². The Morgan fingerprint density at radius 2 is 2.00 bits per heavy atom. The lowest BCUT2D eigenvalue weighted by Crippen LogP contribution is -2.17. The molecule has 0 aromatic heterocycles. The molecule has 2 aliphatic heterocycles. The molecule has 3 rings (SSSR count). The van der Waals surface area contributed by atoms with Crippen molar-refractivity contribution in [3.63, 3.8) is 0 Å². The predicted octanol–water partition coefficient (Wildman–Crippen LogP) is 3.00. The van der Waals surface area contributed by atoms with E-state index in [9.17, 15) is 5.11 Å². The molecule has 6 nitrogen and oxygen atoms in total. The average molecular weight is 423 g/mol. The lowest BCUT2D eigenvalue weighted by molar-refractivity contribution is 0.0638. The average Bonchev–Trinajstić information content (AvgIpc) is 3.08. The second kappa shape index (κ2) is 5.66. The number of hydrogen-bond donors (Lipinski definition) is 1. The van der Waals surface area contributed by atoms with Crippen LogP contribution in [0.5, 0.6) is 17.2 Å². The van der Waals surface area contributed by atoms with E-state index in [-0.39, 0.29) is 25.4 Å². The summed E-state index contributed by atoms with van der Waals surface area (Å²) in [6.07, 6.45) is -0.348. The van der Waals surface area contributed by atoms with Crippen molar-refractivity contribution in [2.75, 3.05) is 20.5 Å². The summed E-state index contributed by atoms with van der Waals surface area (Å²) in [5.41, 5.74) is 1.42. The van der Waals surface area contributed by atoms with Crippen LogP contribution in [0.2, 0.25) is 0 Å². The van der Waals surface area contributed by atoms with Crippen LogP contribution >= 0.6 is 31.9 Å². The van der Waals surface area contributed by atoms with E-state index in [1.165, 1.54) is 0 Å². The predicted molar refractivity (Wildman–Crippen MR) is 82.0 cm³/mol. The third kappa shape index (κ3) is 2.20. The van der Waals surface area contributed by atoms with E-state index in [0.717, 1.165) is 10.0 Å². The van der Waals surface area contributed by atoms with Crippen LogP contribution in [0.3, 0.4) is 0 Å². The van der Waals surface area contributed by atoms with Crippen LogP contribution < -0.4 is 14.2 Å². The zero-order chi connectivity index (χ0) is 15.1. The third-order valence-corrected chi connectivity index (χ3v) is 5.18. The maximum atomic E-state index is 9.29. The monoisotopic (exact) mass is 421 g/mol. The molecule has 1 aromatic carbocycles. The molecule has 1 N–H and O–H groups in total. The first-order valence-electron chi connectivity index (χ1n) is 6.28. The molecule has 2 heterocycles. The first-order valence-corrected chi connectivity index (χ1v) is 7.86. The highest BCUT2D eigenvalue weighted by Gasteiger charge is 2.39. The molecular formula is C13H13Br2NO5. The number of nitrogens with zero attached hydrogens (tertiary/aromatic N) is 1. The van der Waals surface area contributed by atoms with Crippen molar-refractivity contribution in [3.8, 4) is 17.2 Å². The van der Waals surface area contributed by atoms with Crippen molar-refractivity contribution in [3.05, 3.63) is 14.5 Å². The van der Waals surface area contributed by atoms with E-state index in [1.807, 2.05) is 6.92 Å². The van der Waals surface area contributed by atoms with Gasteiger partial charge < -0.3 is 24.2 Å². The van der Waals surface area contributed by atoms with Gasteiger partial charge in [0.1, 0.15) is 0 Å². The molecule has 114 valence electrons. The Balaban J connectivity index is 2.12. The number of benzene rings is 1. The topological polar surface area (TPSA) is 69.5 Å². The Kier molecular flexibility index (Phi) is 4.02. The van der Waals surface area contributed by atoms with E-state index >= 15 is 0 Å². The Bertz CT molecular complexity index is 619. The quantitative estimate of drug-likeness (QED) is 0.810. The second-order valence-electron chi connectivity index (χ2n) is 4.70. The highest BCUT2D eigenvalue weighted by Crippen LogP contribution is 2.55. The Morgan fingerprint density at radius 1 is 1.29 bits per heavy atom. The number of oxime groups is 1. The Hall–Kier alpha value is -0.990. The summed E-state index contributed by atoms with van der Waals surface area (Å²) in [5, 5.41) is 13.2. The fourth-order valence-electron chi connectivity index (χ4n) is 2.43. The second-order valence-corrected chi connectivity index (χ2v) is 6.28. The summed E-state index contributed by atoms with van der Waals surface area (Å²) >= 11 is 7.08. The minimum absolute atomic E-state index is 0.0623. The van der Waals surface area contributed by atoms with Gasteiger partial charge in [-0.05, 0) is 31.9 Å². The van der Waals surface area contributed by atoms with Gasteiger partial charge in [-0.2, -0.15) is 0 Å². The maximum absolute atomic E-state index is 9.29. The van der Waals surface area contributed by atoms with Crippen molar-refractivity contribution >= 4 is 37.6 Å². The molecule has 0 fully saturated rings. The molecule has 2 unspecified atom stereocenters. The molecule has 0 radical (unpaired) electrons. The molecule has 0 spiro atoms. The van der Waals surface area contributed by atoms with Gasteiger partial charge in [0.15, 0.2) is 17.6 Å². The van der Waals surface area contributed by atoms with Crippen LogP contribution in [0, 0.1) is 5.92 Å². The summed E-state index contributed by atoms with van der Waals surface area (Å²) in [6, 6.07) is 0. The minimum atomic E-state index is -0.348. The summed E-state index contributed by atoms with van der Waals surface area (Å²) < 4.78 is 17.8. The van der Waals surface area contributed by atoms with Gasteiger partial charge in [-0.25, -0.2) is 0 Å². The van der Waals surface area contributed by atoms with Gasteiger partial charge in [0.25, 0.3) is 0 Å². The lowest BCUT2D eigenvalue weighted by Gasteiger charge is -2.20. The minimum Gasteiger partial charge on any atom is -0.492 e. The number of halogens is 2. The van der Waals surface area contributed by atoms with Crippen molar-refractivity contribution < 1.29 is 24.2 Å². The molecule has 0 amide bonds. The standard InChI is InChI=1S/C13H13Br2NO5/c1-5-6(3-17)16-21-10(5)7-8(14)11(18-2)13-12(9(7)15)19-4-20-13/h5,10,17H,3-4H2,1-2H3. The molecule has 21 heavy (non-hydrogen) atoms. The van der Waals surface area contributed by atoms with Gasteiger partial charge in [0.05, 0.1) is 28.4 Å². The smallest absolute Gasteiger partial charge is 0.231 e. The third-order valence-electron chi connectivity index (χ3n) is 3.60. The number of aliphatic hydroxyl groups excluding tert-OH is 1. The van der Waals surface area contributed by atoms with Gasteiger partial charge in [-0.1, -0.05) is 12.1 Å². The van der Waals surface area contributed by atoms with E-state index < -0.39 is 0 Å². The Labute approximate surface area is 138 Å². The zero-order valence-electron chi connectivity index (χ0n) is 11.4. The van der Waals surface area contributed by atoms with Gasteiger partial charge >= 0.3 is 0 Å². The van der Waals surface area contributed by atoms with Gasteiger partial charge in [0, 0.05) is 11.5 Å². The van der Waals surface area contributed by atoms with Gasteiger partial charge in [-0.3, -0.25) is 0 Å². The molecular weight excluding hydrogens is 410 g/mol. The largest absolute Gasteiger partial charge is 0.492 e. The molecule has 2 atom stereocenters. The van der Waals surface area contributed by atoms with Crippen LogP contribution in [-0.4, -0.2) is 31.3 Å². The number of methoxy groups -OCH3 is 1. The lowest BCUT2D eigenvalue weighted by atomic mass is 9.93. The summed E-state index contributed by atoms with van der Waals surface area (Å²) in [6.45, 7) is 1.96. The fraction of sp³-hybridized carbons (Fsp3) is 0.462. The van der Waals surface area contributed by atoms with Crippen LogP contribution in [0.1, 0.15) is 18.6 Å². The van der Waals surface area contributed by atoms with E-state index in [2.05, 4.69) is 37.0 Å². The molecule has 1 aromatic rings.